The second-order valence-corrected chi connectivity index (χ2v) is 8.61. The number of hydrogen-bond donors (Lipinski definition) is 3. The summed E-state index contributed by atoms with van der Waals surface area (Å²) in [6, 6.07) is 5.72. The number of carbonyl (C=O) groups is 1. The van der Waals surface area contributed by atoms with E-state index in [1.165, 1.54) is 43.5 Å². The molecule has 0 saturated heterocycles. The third kappa shape index (κ3) is 8.31. The van der Waals surface area contributed by atoms with Crippen molar-refractivity contribution in [3.05, 3.63) is 29.8 Å². The Labute approximate surface area is 155 Å². The van der Waals surface area contributed by atoms with Gasteiger partial charge in [-0.25, -0.2) is 8.42 Å². The number of hydrogen-bond acceptors (Lipinski definition) is 4. The highest BCUT2D eigenvalue weighted by Gasteiger charge is 2.10. The maximum atomic E-state index is 12.0. The quantitative estimate of drug-likeness (QED) is 0.362. The summed E-state index contributed by atoms with van der Waals surface area (Å²) in [5, 5.41) is 3.42. The Morgan fingerprint density at radius 1 is 1.16 bits per heavy atom. The lowest BCUT2D eigenvalue weighted by atomic mass is 10.0. The van der Waals surface area contributed by atoms with Crippen LogP contribution in [0.1, 0.15) is 49.9 Å². The molecule has 0 unspecified atom stereocenters. The van der Waals surface area contributed by atoms with Crippen LogP contribution in [0.25, 0.3) is 0 Å². The molecule has 8 heteroatoms. The van der Waals surface area contributed by atoms with Gasteiger partial charge in [-0.1, -0.05) is 33.1 Å². The van der Waals surface area contributed by atoms with E-state index in [2.05, 4.69) is 30.0 Å². The van der Waals surface area contributed by atoms with Crippen molar-refractivity contribution in [2.45, 2.75) is 44.4 Å². The molecule has 0 bridgehead atoms. The summed E-state index contributed by atoms with van der Waals surface area (Å²) in [6.45, 7) is 5.08. The van der Waals surface area contributed by atoms with Crippen molar-refractivity contribution in [2.24, 2.45) is 5.92 Å². The van der Waals surface area contributed by atoms with Gasteiger partial charge in [-0.15, -0.1) is 0 Å². The maximum absolute atomic E-state index is 12.0. The lowest BCUT2D eigenvalue weighted by Gasteiger charge is -2.15. The van der Waals surface area contributed by atoms with Crippen molar-refractivity contribution in [2.75, 3.05) is 12.8 Å². The third-order valence-electron chi connectivity index (χ3n) is 3.75. The van der Waals surface area contributed by atoms with Gasteiger partial charge in [-0.3, -0.25) is 15.6 Å². The Morgan fingerprint density at radius 3 is 2.36 bits per heavy atom. The van der Waals surface area contributed by atoms with Crippen LogP contribution in [0.5, 0.6) is 0 Å². The van der Waals surface area contributed by atoms with Gasteiger partial charge >= 0.3 is 0 Å². The van der Waals surface area contributed by atoms with E-state index in [1.54, 1.807) is 0 Å². The Kier molecular flexibility index (Phi) is 8.85. The van der Waals surface area contributed by atoms with E-state index in [0.29, 0.717) is 16.6 Å². The minimum Gasteiger partial charge on any atom is -0.361 e. The van der Waals surface area contributed by atoms with Gasteiger partial charge in [0.2, 0.25) is 0 Å². The standard InChI is InChI=1S/C17H27N3O3S2/c1-4-5-6-7-13(2)12-18-17(24)20-19-16(21)14-8-10-15(11-9-14)25(3,22)23/h8-11,13H,4-7,12H2,1-3H3,(H,19,21)(H2,18,20,24)/t13-/m1/s1. The van der Waals surface area contributed by atoms with Crippen molar-refractivity contribution in [1.82, 2.24) is 16.2 Å². The average molecular weight is 386 g/mol. The van der Waals surface area contributed by atoms with Crippen LogP contribution in [0, 0.1) is 5.92 Å². The minimum atomic E-state index is -3.27. The fraction of sp³-hybridized carbons (Fsp3) is 0.529. The molecule has 0 aromatic heterocycles. The Balaban J connectivity index is 2.37. The number of benzene rings is 1. The third-order valence-corrected chi connectivity index (χ3v) is 5.12. The number of amides is 1. The van der Waals surface area contributed by atoms with Crippen LogP contribution in [0.3, 0.4) is 0 Å². The Bertz CT molecular complexity index is 673. The molecule has 1 amide bonds. The minimum absolute atomic E-state index is 0.172. The summed E-state index contributed by atoms with van der Waals surface area (Å²) in [4.78, 5) is 12.2. The van der Waals surface area contributed by atoms with E-state index in [-0.39, 0.29) is 10.8 Å². The van der Waals surface area contributed by atoms with Crippen LogP contribution >= 0.6 is 12.2 Å². The zero-order valence-corrected chi connectivity index (χ0v) is 16.6. The van der Waals surface area contributed by atoms with Crippen LogP contribution < -0.4 is 16.2 Å². The van der Waals surface area contributed by atoms with Crippen molar-refractivity contribution in [3.63, 3.8) is 0 Å². The van der Waals surface area contributed by atoms with Gasteiger partial charge in [0.1, 0.15) is 0 Å². The van der Waals surface area contributed by atoms with Crippen molar-refractivity contribution in [1.29, 1.82) is 0 Å². The topological polar surface area (TPSA) is 87.3 Å². The number of hydrazine groups is 1. The molecular weight excluding hydrogens is 358 g/mol. The predicted molar refractivity (Wildman–Crippen MR) is 104 cm³/mol. The first-order chi connectivity index (χ1) is 11.7. The average Bonchev–Trinajstić information content (AvgIpc) is 2.57. The SMILES string of the molecule is CCCCC[C@@H](C)CNC(=S)NNC(=O)c1ccc(S(C)(=O)=O)cc1. The molecule has 0 radical (unpaired) electrons. The maximum Gasteiger partial charge on any atom is 0.269 e. The molecule has 25 heavy (non-hydrogen) atoms. The van der Waals surface area contributed by atoms with Gasteiger partial charge < -0.3 is 5.32 Å². The van der Waals surface area contributed by atoms with Crippen LogP contribution in [0.4, 0.5) is 0 Å². The first-order valence-electron chi connectivity index (χ1n) is 8.38. The number of thiocarbonyl (C=S) groups is 1. The molecular formula is C17H27N3O3S2. The second-order valence-electron chi connectivity index (χ2n) is 6.19. The lowest BCUT2D eigenvalue weighted by molar-refractivity contribution is 0.0943. The number of sulfone groups is 1. The summed E-state index contributed by atoms with van der Waals surface area (Å²) >= 11 is 5.13. The zero-order chi connectivity index (χ0) is 18.9. The van der Waals surface area contributed by atoms with Gasteiger partial charge in [0, 0.05) is 18.4 Å². The van der Waals surface area contributed by atoms with Crippen LogP contribution in [0.15, 0.2) is 29.2 Å². The number of unbranched alkanes of at least 4 members (excludes halogenated alkanes) is 2. The highest BCUT2D eigenvalue weighted by atomic mass is 32.2. The molecule has 0 saturated carbocycles. The van der Waals surface area contributed by atoms with E-state index in [9.17, 15) is 13.2 Å². The van der Waals surface area contributed by atoms with E-state index in [1.807, 2.05) is 0 Å². The van der Waals surface area contributed by atoms with Gasteiger partial charge in [-0.05, 0) is 48.8 Å². The first-order valence-corrected chi connectivity index (χ1v) is 10.7. The zero-order valence-electron chi connectivity index (χ0n) is 15.0. The normalized spacial score (nSPS) is 12.3. The molecule has 1 atom stereocenters. The summed E-state index contributed by atoms with van der Waals surface area (Å²) in [6.07, 6.45) is 5.91. The fourth-order valence-corrected chi connectivity index (χ4v) is 2.96. The van der Waals surface area contributed by atoms with Gasteiger partial charge in [0.25, 0.3) is 5.91 Å². The van der Waals surface area contributed by atoms with E-state index < -0.39 is 9.84 Å². The van der Waals surface area contributed by atoms with Crippen LogP contribution in [0.2, 0.25) is 0 Å². The number of carbonyl (C=O) groups excluding carboxylic acids is 1. The number of rotatable bonds is 8. The first kappa shape index (κ1) is 21.4. The molecule has 1 rings (SSSR count). The van der Waals surface area contributed by atoms with Gasteiger partial charge in [0.15, 0.2) is 14.9 Å². The molecule has 0 heterocycles. The highest BCUT2D eigenvalue weighted by molar-refractivity contribution is 7.90. The van der Waals surface area contributed by atoms with E-state index in [4.69, 9.17) is 12.2 Å². The Hall–Kier alpha value is -1.67. The molecule has 0 spiro atoms. The molecule has 6 nitrogen and oxygen atoms in total. The molecule has 0 aliphatic rings. The number of nitrogens with one attached hydrogen (secondary N) is 3. The van der Waals surface area contributed by atoms with Crippen molar-refractivity contribution >= 4 is 33.1 Å². The van der Waals surface area contributed by atoms with Crippen LogP contribution in [-0.4, -0.2) is 32.2 Å². The summed E-state index contributed by atoms with van der Waals surface area (Å²) < 4.78 is 22.8. The highest BCUT2D eigenvalue weighted by Crippen LogP contribution is 2.10. The molecule has 1 aromatic rings. The van der Waals surface area contributed by atoms with E-state index >= 15 is 0 Å². The summed E-state index contributed by atoms with van der Waals surface area (Å²) in [5.74, 6) is 0.116. The van der Waals surface area contributed by atoms with Crippen LogP contribution in [-0.2, 0) is 9.84 Å². The summed E-state index contributed by atoms with van der Waals surface area (Å²) in [5.41, 5.74) is 5.48. The fourth-order valence-electron chi connectivity index (χ4n) is 2.20. The van der Waals surface area contributed by atoms with Gasteiger partial charge in [0.05, 0.1) is 4.90 Å². The van der Waals surface area contributed by atoms with E-state index in [0.717, 1.165) is 19.2 Å². The van der Waals surface area contributed by atoms with Crippen molar-refractivity contribution < 1.29 is 13.2 Å². The second kappa shape index (κ2) is 10.4. The monoisotopic (exact) mass is 385 g/mol. The molecule has 1 aromatic carbocycles. The molecule has 140 valence electrons. The molecule has 0 fully saturated rings. The molecule has 0 aliphatic heterocycles. The molecule has 3 N–H and O–H groups in total. The predicted octanol–water partition coefficient (Wildman–Crippen LogP) is 2.42. The lowest BCUT2D eigenvalue weighted by Crippen LogP contribution is -2.47. The summed E-state index contributed by atoms with van der Waals surface area (Å²) in [7, 11) is -3.27. The smallest absolute Gasteiger partial charge is 0.269 e. The van der Waals surface area contributed by atoms with Crippen molar-refractivity contribution in [3.8, 4) is 0 Å². The Morgan fingerprint density at radius 2 is 1.80 bits per heavy atom. The largest absolute Gasteiger partial charge is 0.361 e. The van der Waals surface area contributed by atoms with Gasteiger partial charge in [-0.2, -0.15) is 0 Å². The molecule has 0 aliphatic carbocycles.